The lowest BCUT2D eigenvalue weighted by atomic mass is 10.2. The van der Waals surface area contributed by atoms with Gasteiger partial charge in [0.2, 0.25) is 0 Å². The Morgan fingerprint density at radius 2 is 1.95 bits per heavy atom. The molecule has 0 aliphatic rings. The highest BCUT2D eigenvalue weighted by Crippen LogP contribution is 2.34. The summed E-state index contributed by atoms with van der Waals surface area (Å²) < 4.78 is 57.7. The number of nitrogens with zero attached hydrogens (tertiary/aromatic N) is 3. The van der Waals surface area contributed by atoms with Crippen molar-refractivity contribution in [2.75, 3.05) is 0 Å². The van der Waals surface area contributed by atoms with Gasteiger partial charge in [0.1, 0.15) is 6.33 Å². The Labute approximate surface area is 112 Å². The van der Waals surface area contributed by atoms with Crippen molar-refractivity contribution in [3.63, 3.8) is 0 Å². The lowest BCUT2D eigenvalue weighted by Crippen LogP contribution is -2.08. The number of benzene rings is 1. The van der Waals surface area contributed by atoms with Crippen LogP contribution >= 0.6 is 0 Å². The summed E-state index contributed by atoms with van der Waals surface area (Å²) in [5, 5.41) is 3.85. The Bertz CT molecular complexity index is 607. The maximum Gasteiger partial charge on any atom is 0.416 e. The second kappa shape index (κ2) is 5.10. The summed E-state index contributed by atoms with van der Waals surface area (Å²) in [6.07, 6.45) is -3.39. The summed E-state index contributed by atoms with van der Waals surface area (Å²) >= 11 is 0. The largest absolute Gasteiger partial charge is 0.421 e. The summed E-state index contributed by atoms with van der Waals surface area (Å²) in [4.78, 5) is 3.75. The first-order valence-corrected chi connectivity index (χ1v) is 5.73. The van der Waals surface area contributed by atoms with Crippen LogP contribution in [-0.2, 0) is 6.18 Å². The Hall–Kier alpha value is -2.12. The molecule has 2 rings (SSSR count). The standard InChI is InChI=1S/C12H11F4N3O/c1-7(2)19-11(17-6-18-19)20-10-5-8(12(14,15)16)3-4-9(10)13/h3-7H,1-2H3. The summed E-state index contributed by atoms with van der Waals surface area (Å²) in [5.74, 6) is -1.45. The molecule has 108 valence electrons. The first-order valence-electron chi connectivity index (χ1n) is 5.73. The molecule has 1 aromatic carbocycles. The van der Waals surface area contributed by atoms with E-state index < -0.39 is 23.3 Å². The second-order valence-corrected chi connectivity index (χ2v) is 4.33. The quantitative estimate of drug-likeness (QED) is 0.807. The molecular formula is C12H11F4N3O. The predicted molar refractivity (Wildman–Crippen MR) is 61.9 cm³/mol. The number of aromatic nitrogens is 3. The molecule has 0 unspecified atom stereocenters. The number of halogens is 4. The topological polar surface area (TPSA) is 39.9 Å². The SMILES string of the molecule is CC(C)n1ncnc1Oc1cc(C(F)(F)F)ccc1F. The molecule has 0 amide bonds. The van der Waals surface area contributed by atoms with Crippen LogP contribution in [0.15, 0.2) is 24.5 Å². The van der Waals surface area contributed by atoms with Crippen molar-refractivity contribution in [3.8, 4) is 11.8 Å². The van der Waals surface area contributed by atoms with E-state index in [0.717, 1.165) is 0 Å². The van der Waals surface area contributed by atoms with Gasteiger partial charge in [0.25, 0.3) is 0 Å². The van der Waals surface area contributed by atoms with Crippen molar-refractivity contribution in [2.45, 2.75) is 26.1 Å². The number of hydrogen-bond acceptors (Lipinski definition) is 3. The highest BCUT2D eigenvalue weighted by Gasteiger charge is 2.31. The van der Waals surface area contributed by atoms with Gasteiger partial charge in [-0.3, -0.25) is 0 Å². The van der Waals surface area contributed by atoms with Crippen LogP contribution in [0.5, 0.6) is 11.8 Å². The lowest BCUT2D eigenvalue weighted by molar-refractivity contribution is -0.137. The third-order valence-corrected chi connectivity index (χ3v) is 2.49. The van der Waals surface area contributed by atoms with E-state index in [9.17, 15) is 17.6 Å². The van der Waals surface area contributed by atoms with E-state index in [-0.39, 0.29) is 12.1 Å². The molecule has 4 nitrogen and oxygen atoms in total. The minimum absolute atomic E-state index is 0.0711. The second-order valence-electron chi connectivity index (χ2n) is 4.33. The molecule has 0 bridgehead atoms. The minimum Gasteiger partial charge on any atom is -0.421 e. The maximum atomic E-state index is 13.5. The smallest absolute Gasteiger partial charge is 0.416 e. The molecule has 0 atom stereocenters. The molecule has 2 aromatic rings. The van der Waals surface area contributed by atoms with Crippen LogP contribution in [0, 0.1) is 5.82 Å². The zero-order valence-electron chi connectivity index (χ0n) is 10.6. The molecule has 20 heavy (non-hydrogen) atoms. The molecule has 0 saturated heterocycles. The number of hydrogen-bond donors (Lipinski definition) is 0. The third kappa shape index (κ3) is 2.89. The van der Waals surface area contributed by atoms with Gasteiger partial charge in [-0.15, -0.1) is 0 Å². The van der Waals surface area contributed by atoms with Gasteiger partial charge in [-0.2, -0.15) is 23.3 Å². The number of ether oxygens (including phenoxy) is 1. The summed E-state index contributed by atoms with van der Waals surface area (Å²) in [6.45, 7) is 3.56. The zero-order chi connectivity index (χ0) is 14.9. The number of rotatable bonds is 3. The van der Waals surface area contributed by atoms with Crippen molar-refractivity contribution in [3.05, 3.63) is 35.9 Å². The Balaban J connectivity index is 2.36. The van der Waals surface area contributed by atoms with Crippen LogP contribution in [0.25, 0.3) is 0 Å². The monoisotopic (exact) mass is 289 g/mol. The fourth-order valence-corrected chi connectivity index (χ4v) is 1.52. The van der Waals surface area contributed by atoms with Crippen LogP contribution < -0.4 is 4.74 Å². The van der Waals surface area contributed by atoms with E-state index in [4.69, 9.17) is 4.74 Å². The van der Waals surface area contributed by atoms with E-state index in [1.807, 2.05) is 0 Å². The molecule has 8 heteroatoms. The first kappa shape index (κ1) is 14.3. The average molecular weight is 289 g/mol. The van der Waals surface area contributed by atoms with E-state index in [1.54, 1.807) is 13.8 Å². The van der Waals surface area contributed by atoms with Crippen molar-refractivity contribution in [1.29, 1.82) is 0 Å². The molecule has 0 fully saturated rings. The van der Waals surface area contributed by atoms with Crippen LogP contribution in [0.4, 0.5) is 17.6 Å². The van der Waals surface area contributed by atoms with E-state index >= 15 is 0 Å². The summed E-state index contributed by atoms with van der Waals surface area (Å²) in [5.41, 5.74) is -0.996. The van der Waals surface area contributed by atoms with Gasteiger partial charge >= 0.3 is 12.2 Å². The molecule has 1 aromatic heterocycles. The van der Waals surface area contributed by atoms with Crippen molar-refractivity contribution < 1.29 is 22.3 Å². The maximum absolute atomic E-state index is 13.5. The molecule has 0 aliphatic heterocycles. The van der Waals surface area contributed by atoms with Gasteiger partial charge in [-0.1, -0.05) is 0 Å². The summed E-state index contributed by atoms with van der Waals surface area (Å²) in [7, 11) is 0. The minimum atomic E-state index is -4.57. The van der Waals surface area contributed by atoms with E-state index in [2.05, 4.69) is 10.1 Å². The van der Waals surface area contributed by atoms with Crippen LogP contribution in [0.3, 0.4) is 0 Å². The Morgan fingerprint density at radius 1 is 1.25 bits per heavy atom. The lowest BCUT2D eigenvalue weighted by Gasteiger charge is -2.12. The Morgan fingerprint density at radius 3 is 2.55 bits per heavy atom. The normalized spacial score (nSPS) is 11.9. The summed E-state index contributed by atoms with van der Waals surface area (Å²) in [6, 6.07) is 1.75. The highest BCUT2D eigenvalue weighted by molar-refractivity contribution is 5.33. The van der Waals surface area contributed by atoms with Gasteiger partial charge in [0.05, 0.1) is 11.6 Å². The van der Waals surface area contributed by atoms with Gasteiger partial charge in [0, 0.05) is 0 Å². The third-order valence-electron chi connectivity index (χ3n) is 2.49. The first-order chi connectivity index (χ1) is 9.29. The van der Waals surface area contributed by atoms with Gasteiger partial charge in [-0.05, 0) is 32.0 Å². The van der Waals surface area contributed by atoms with E-state index in [1.165, 1.54) is 11.0 Å². The fraction of sp³-hybridized carbons (Fsp3) is 0.333. The van der Waals surface area contributed by atoms with Crippen LogP contribution in [0.2, 0.25) is 0 Å². The molecule has 0 N–H and O–H groups in total. The van der Waals surface area contributed by atoms with Crippen LogP contribution in [0.1, 0.15) is 25.5 Å². The molecular weight excluding hydrogens is 278 g/mol. The zero-order valence-corrected chi connectivity index (χ0v) is 10.6. The van der Waals surface area contributed by atoms with Gasteiger partial charge in [0.15, 0.2) is 11.6 Å². The van der Waals surface area contributed by atoms with Crippen molar-refractivity contribution in [2.24, 2.45) is 0 Å². The molecule has 0 saturated carbocycles. The fourth-order valence-electron chi connectivity index (χ4n) is 1.52. The predicted octanol–water partition coefficient (Wildman–Crippen LogP) is 3.81. The van der Waals surface area contributed by atoms with Gasteiger partial charge < -0.3 is 4.74 Å². The molecule has 0 radical (unpaired) electrons. The van der Waals surface area contributed by atoms with Crippen LogP contribution in [-0.4, -0.2) is 14.8 Å². The highest BCUT2D eigenvalue weighted by atomic mass is 19.4. The number of alkyl halides is 3. The molecule has 0 spiro atoms. The average Bonchev–Trinajstić information content (AvgIpc) is 2.78. The molecule has 1 heterocycles. The van der Waals surface area contributed by atoms with Crippen molar-refractivity contribution in [1.82, 2.24) is 14.8 Å². The Kier molecular flexibility index (Phi) is 3.65. The van der Waals surface area contributed by atoms with E-state index in [0.29, 0.717) is 18.2 Å². The van der Waals surface area contributed by atoms with Gasteiger partial charge in [-0.25, -0.2) is 9.07 Å². The van der Waals surface area contributed by atoms with Crippen molar-refractivity contribution >= 4 is 0 Å². The molecule has 0 aliphatic carbocycles.